The van der Waals surface area contributed by atoms with Gasteiger partial charge in [0.2, 0.25) is 0 Å². The number of furan rings is 1. The van der Waals surface area contributed by atoms with Gasteiger partial charge in [0.25, 0.3) is 0 Å². The van der Waals surface area contributed by atoms with E-state index in [4.69, 9.17) is 4.42 Å². The van der Waals surface area contributed by atoms with Crippen LogP contribution in [0.15, 0.2) is 64.5 Å². The number of aryl methyl sites for hydroxylation is 1. The highest BCUT2D eigenvalue weighted by Gasteiger charge is 2.24. The number of nitrogens with zero attached hydrogens (tertiary/aromatic N) is 4. The molecule has 178 valence electrons. The Labute approximate surface area is 213 Å². The summed E-state index contributed by atoms with van der Waals surface area (Å²) < 4.78 is 7.92. The molecule has 3 aromatic rings. The summed E-state index contributed by atoms with van der Waals surface area (Å²) in [7, 11) is 1.82. The summed E-state index contributed by atoms with van der Waals surface area (Å²) in [6, 6.07) is 12.9. The number of piperidine rings is 1. The summed E-state index contributed by atoms with van der Waals surface area (Å²) in [5, 5.41) is 6.97. The Morgan fingerprint density at radius 2 is 1.94 bits per heavy atom. The van der Waals surface area contributed by atoms with Crippen molar-refractivity contribution in [2.75, 3.05) is 26.7 Å². The molecule has 1 aliphatic rings. The molecule has 3 heterocycles. The normalized spacial score (nSPS) is 15.6. The van der Waals surface area contributed by atoms with Crippen LogP contribution in [0.2, 0.25) is 0 Å². The van der Waals surface area contributed by atoms with Crippen LogP contribution in [-0.2, 0) is 13.1 Å². The minimum atomic E-state index is 0. The zero-order chi connectivity index (χ0) is 22.2. The second-order valence-corrected chi connectivity index (χ2v) is 8.36. The van der Waals surface area contributed by atoms with Crippen molar-refractivity contribution < 1.29 is 4.42 Å². The minimum Gasteiger partial charge on any atom is -0.468 e. The lowest BCUT2D eigenvalue weighted by molar-refractivity contribution is 0.146. The highest BCUT2D eigenvalue weighted by Crippen LogP contribution is 2.24. The average Bonchev–Trinajstić information content (AvgIpc) is 3.49. The summed E-state index contributed by atoms with van der Waals surface area (Å²) >= 11 is 0. The van der Waals surface area contributed by atoms with E-state index in [2.05, 4.69) is 60.4 Å². The molecule has 0 aliphatic carbocycles. The summed E-state index contributed by atoms with van der Waals surface area (Å²) in [5.41, 5.74) is 2.48. The number of likely N-dealkylation sites (tertiary alicyclic amines) is 1. The molecular formula is C25H35IN6O. The Morgan fingerprint density at radius 3 is 2.64 bits per heavy atom. The highest BCUT2D eigenvalue weighted by molar-refractivity contribution is 14.0. The number of imidazole rings is 1. The van der Waals surface area contributed by atoms with E-state index >= 15 is 0 Å². The molecule has 1 aromatic carbocycles. The Kier molecular flexibility index (Phi) is 9.80. The molecule has 0 bridgehead atoms. The predicted molar refractivity (Wildman–Crippen MR) is 143 cm³/mol. The van der Waals surface area contributed by atoms with Gasteiger partial charge in [-0.3, -0.25) is 9.89 Å². The lowest BCUT2D eigenvalue weighted by Gasteiger charge is -2.33. The van der Waals surface area contributed by atoms with Crippen molar-refractivity contribution in [2.45, 2.75) is 45.3 Å². The first-order chi connectivity index (χ1) is 15.7. The molecule has 1 aliphatic heterocycles. The number of hydrogen-bond donors (Lipinski definition) is 2. The summed E-state index contributed by atoms with van der Waals surface area (Å²) in [4.78, 5) is 11.3. The molecule has 2 N–H and O–H groups in total. The van der Waals surface area contributed by atoms with Gasteiger partial charge in [-0.05, 0) is 56.1 Å². The zero-order valence-electron chi connectivity index (χ0n) is 19.5. The largest absolute Gasteiger partial charge is 0.468 e. The maximum atomic E-state index is 5.76. The molecule has 33 heavy (non-hydrogen) atoms. The molecule has 1 saturated heterocycles. The number of aromatic nitrogens is 2. The molecule has 0 amide bonds. The molecule has 0 saturated carbocycles. The van der Waals surface area contributed by atoms with Gasteiger partial charge in [-0.25, -0.2) is 4.98 Å². The van der Waals surface area contributed by atoms with Crippen LogP contribution >= 0.6 is 24.0 Å². The van der Waals surface area contributed by atoms with E-state index in [1.807, 2.05) is 32.4 Å². The molecular weight excluding hydrogens is 527 g/mol. The topological polar surface area (TPSA) is 70.6 Å². The van der Waals surface area contributed by atoms with E-state index in [9.17, 15) is 0 Å². The standard InChI is InChI=1S/C25H34N6O.HI/c1-20-27-11-14-31(20)19-22-9-6-8-21(16-22)17-28-25(26-2)29-18-23(24-10-7-15-32-24)30-12-4-3-5-13-30;/h6-11,14-16,23H,3-5,12-13,17-19H2,1-2H3,(H2,26,28,29);1H. The molecule has 0 spiro atoms. The molecule has 4 rings (SSSR count). The van der Waals surface area contributed by atoms with E-state index in [1.165, 1.54) is 30.4 Å². The van der Waals surface area contributed by atoms with Crippen molar-refractivity contribution in [3.05, 3.63) is 77.8 Å². The summed E-state index contributed by atoms with van der Waals surface area (Å²) in [6.45, 7) is 6.55. The van der Waals surface area contributed by atoms with Crippen molar-refractivity contribution >= 4 is 29.9 Å². The van der Waals surface area contributed by atoms with E-state index in [0.717, 1.165) is 43.7 Å². The van der Waals surface area contributed by atoms with Crippen LogP contribution in [0.4, 0.5) is 0 Å². The van der Waals surface area contributed by atoms with Crippen molar-refractivity contribution in [2.24, 2.45) is 4.99 Å². The van der Waals surface area contributed by atoms with Crippen LogP contribution in [0.3, 0.4) is 0 Å². The lowest BCUT2D eigenvalue weighted by atomic mass is 10.1. The van der Waals surface area contributed by atoms with Crippen LogP contribution in [0, 0.1) is 6.92 Å². The monoisotopic (exact) mass is 562 g/mol. The van der Waals surface area contributed by atoms with E-state index in [-0.39, 0.29) is 30.0 Å². The molecule has 1 fully saturated rings. The van der Waals surface area contributed by atoms with E-state index in [0.29, 0.717) is 6.54 Å². The highest BCUT2D eigenvalue weighted by atomic mass is 127. The molecule has 1 atom stereocenters. The van der Waals surface area contributed by atoms with Crippen molar-refractivity contribution in [3.63, 3.8) is 0 Å². The number of rotatable bonds is 8. The fourth-order valence-corrected chi connectivity index (χ4v) is 4.33. The van der Waals surface area contributed by atoms with Gasteiger partial charge >= 0.3 is 0 Å². The molecule has 8 heteroatoms. The van der Waals surface area contributed by atoms with Gasteiger partial charge in [-0.1, -0.05) is 30.7 Å². The summed E-state index contributed by atoms with van der Waals surface area (Å²) in [5.74, 6) is 2.84. The van der Waals surface area contributed by atoms with Crippen LogP contribution < -0.4 is 10.6 Å². The zero-order valence-corrected chi connectivity index (χ0v) is 21.9. The fourth-order valence-electron chi connectivity index (χ4n) is 4.33. The van der Waals surface area contributed by atoms with Crippen LogP contribution in [-0.4, -0.2) is 47.1 Å². The molecule has 2 aromatic heterocycles. The second kappa shape index (κ2) is 12.8. The van der Waals surface area contributed by atoms with E-state index in [1.54, 1.807) is 6.26 Å². The maximum Gasteiger partial charge on any atom is 0.191 e. The van der Waals surface area contributed by atoms with Crippen molar-refractivity contribution in [3.8, 4) is 0 Å². The molecule has 7 nitrogen and oxygen atoms in total. The minimum absolute atomic E-state index is 0. The van der Waals surface area contributed by atoms with Crippen LogP contribution in [0.25, 0.3) is 0 Å². The third kappa shape index (κ3) is 7.07. The predicted octanol–water partition coefficient (Wildman–Crippen LogP) is 4.34. The quantitative estimate of drug-likeness (QED) is 0.243. The Hall–Kier alpha value is -2.33. The number of hydrogen-bond acceptors (Lipinski definition) is 4. The van der Waals surface area contributed by atoms with E-state index < -0.39 is 0 Å². The van der Waals surface area contributed by atoms with Gasteiger partial charge in [-0.15, -0.1) is 24.0 Å². The van der Waals surface area contributed by atoms with Crippen molar-refractivity contribution in [1.29, 1.82) is 0 Å². The number of nitrogens with one attached hydrogen (secondary N) is 2. The first kappa shape index (κ1) is 25.3. The van der Waals surface area contributed by atoms with Gasteiger partial charge in [0.05, 0.1) is 12.3 Å². The van der Waals surface area contributed by atoms with Gasteiger partial charge in [0.1, 0.15) is 11.6 Å². The Morgan fingerprint density at radius 1 is 1.12 bits per heavy atom. The Bertz CT molecular complexity index is 994. The number of benzene rings is 1. The Balaban J connectivity index is 0.00000306. The summed E-state index contributed by atoms with van der Waals surface area (Å²) in [6.07, 6.45) is 9.44. The number of aliphatic imine (C=N–C) groups is 1. The lowest BCUT2D eigenvalue weighted by Crippen LogP contribution is -2.44. The average molecular weight is 563 g/mol. The van der Waals surface area contributed by atoms with Gasteiger partial charge < -0.3 is 19.6 Å². The maximum absolute atomic E-state index is 5.76. The smallest absolute Gasteiger partial charge is 0.191 e. The van der Waals surface area contributed by atoms with Crippen LogP contribution in [0.1, 0.15) is 48.0 Å². The van der Waals surface area contributed by atoms with Gasteiger partial charge in [0, 0.05) is 39.1 Å². The van der Waals surface area contributed by atoms with Gasteiger partial charge in [0.15, 0.2) is 5.96 Å². The second-order valence-electron chi connectivity index (χ2n) is 8.36. The third-order valence-electron chi connectivity index (χ3n) is 6.12. The van der Waals surface area contributed by atoms with Gasteiger partial charge in [-0.2, -0.15) is 0 Å². The molecule has 0 radical (unpaired) electrons. The number of halogens is 1. The number of guanidine groups is 1. The SMILES string of the molecule is CN=C(NCc1cccc(Cn2ccnc2C)c1)NCC(c1ccco1)N1CCCCC1.I. The first-order valence-electron chi connectivity index (χ1n) is 11.5. The fraction of sp³-hybridized carbons (Fsp3) is 0.440. The van der Waals surface area contributed by atoms with Crippen molar-refractivity contribution in [1.82, 2.24) is 25.1 Å². The molecule has 1 unspecified atom stereocenters. The first-order valence-corrected chi connectivity index (χ1v) is 11.5. The third-order valence-corrected chi connectivity index (χ3v) is 6.12. The van der Waals surface area contributed by atoms with Crippen LogP contribution in [0.5, 0.6) is 0 Å².